The first-order chi connectivity index (χ1) is 9.67. The molecule has 0 aromatic carbocycles. The van der Waals surface area contributed by atoms with Crippen LogP contribution in [0.5, 0.6) is 0 Å². The Kier molecular flexibility index (Phi) is 9.57. The molecular weight excluding hydrogens is 301 g/mol. The maximum atomic E-state index is 2.55. The molecule has 0 bridgehead atoms. The van der Waals surface area contributed by atoms with Crippen LogP contribution in [0.15, 0.2) is 0 Å². The zero-order valence-corrected chi connectivity index (χ0v) is 16.9. The summed E-state index contributed by atoms with van der Waals surface area (Å²) in [4.78, 5) is 0. The van der Waals surface area contributed by atoms with E-state index in [4.69, 9.17) is 0 Å². The van der Waals surface area contributed by atoms with Crippen molar-refractivity contribution < 1.29 is 0 Å². The first-order valence-electron chi connectivity index (χ1n) is 9.67. The Morgan fingerprint density at radius 2 is 1.30 bits per heavy atom. The van der Waals surface area contributed by atoms with E-state index in [1.807, 2.05) is 0 Å². The molecule has 2 atom stereocenters. The molecule has 1 heteroatoms. The van der Waals surface area contributed by atoms with Crippen LogP contribution in [0.2, 0.25) is 21.0 Å². The third-order valence-electron chi connectivity index (χ3n) is 5.92. The van der Waals surface area contributed by atoms with Crippen LogP contribution < -0.4 is 0 Å². The molecule has 20 heavy (non-hydrogen) atoms. The van der Waals surface area contributed by atoms with Gasteiger partial charge < -0.3 is 0 Å². The molecule has 0 aliphatic heterocycles. The van der Waals surface area contributed by atoms with Crippen molar-refractivity contribution in [3.63, 3.8) is 0 Å². The van der Waals surface area contributed by atoms with Crippen molar-refractivity contribution in [2.75, 3.05) is 0 Å². The first kappa shape index (κ1) is 18.6. The van der Waals surface area contributed by atoms with Crippen LogP contribution in [-0.4, -0.2) is 13.3 Å². The van der Waals surface area contributed by atoms with Crippen molar-refractivity contribution >= 4 is 13.3 Å². The summed E-state index contributed by atoms with van der Waals surface area (Å²) in [6.45, 7) is 9.73. The van der Waals surface area contributed by atoms with Gasteiger partial charge in [0.25, 0.3) is 0 Å². The van der Waals surface area contributed by atoms with Gasteiger partial charge in [0.05, 0.1) is 0 Å². The predicted octanol–water partition coefficient (Wildman–Crippen LogP) is 7.27. The van der Waals surface area contributed by atoms with Crippen LogP contribution in [-0.2, 0) is 0 Å². The summed E-state index contributed by atoms with van der Waals surface area (Å²) in [6.07, 6.45) is 13.5. The number of hydrogen-bond acceptors (Lipinski definition) is 0. The van der Waals surface area contributed by atoms with Gasteiger partial charge in [0, 0.05) is 0 Å². The Hall–Kier alpha value is 0.543. The first-order valence-corrected chi connectivity index (χ1v) is 15.6. The molecule has 1 rings (SSSR count). The van der Waals surface area contributed by atoms with Crippen LogP contribution >= 0.6 is 0 Å². The molecule has 0 aromatic rings. The normalized spacial score (nSPS) is 23.4. The summed E-state index contributed by atoms with van der Waals surface area (Å²) < 4.78 is 0. The van der Waals surface area contributed by atoms with Crippen molar-refractivity contribution in [3.8, 4) is 0 Å². The summed E-state index contributed by atoms with van der Waals surface area (Å²) in [7, 11) is 0. The van der Waals surface area contributed by atoms with Gasteiger partial charge in [-0.1, -0.05) is 0 Å². The fourth-order valence-corrected chi connectivity index (χ4v) is 17.8. The summed E-state index contributed by atoms with van der Waals surface area (Å²) >= 11 is -1.55. The Morgan fingerprint density at radius 3 is 1.65 bits per heavy atom. The van der Waals surface area contributed by atoms with Gasteiger partial charge in [-0.05, 0) is 0 Å². The zero-order chi connectivity index (χ0) is 14.8. The molecule has 0 unspecified atom stereocenters. The average molecular weight is 341 g/mol. The molecule has 0 nitrogen and oxygen atoms in total. The third kappa shape index (κ3) is 6.12. The topological polar surface area (TPSA) is 0 Å². The number of hydrogen-bond donors (Lipinski definition) is 0. The van der Waals surface area contributed by atoms with Crippen LogP contribution in [0.25, 0.3) is 0 Å². The molecule has 0 spiro atoms. The number of unbranched alkanes of at least 4 members (excludes halogenated alkanes) is 3. The van der Waals surface area contributed by atoms with Crippen LogP contribution in [0.3, 0.4) is 0 Å². The van der Waals surface area contributed by atoms with E-state index in [0.29, 0.717) is 0 Å². The second-order valence-electron chi connectivity index (χ2n) is 7.68. The molecule has 0 N–H and O–H groups in total. The molecule has 0 heterocycles. The Morgan fingerprint density at radius 1 is 0.800 bits per heavy atom. The molecule has 1 fully saturated rings. The van der Waals surface area contributed by atoms with Gasteiger partial charge in [-0.15, -0.1) is 0 Å². The summed E-state index contributed by atoms with van der Waals surface area (Å²) in [5, 5.41) is 6.82. The van der Waals surface area contributed by atoms with Crippen molar-refractivity contribution in [2.24, 2.45) is 11.8 Å². The van der Waals surface area contributed by atoms with Crippen molar-refractivity contribution in [1.29, 1.82) is 0 Å². The van der Waals surface area contributed by atoms with Gasteiger partial charge in [0.2, 0.25) is 0 Å². The van der Waals surface area contributed by atoms with Crippen molar-refractivity contribution in [1.82, 2.24) is 0 Å². The monoisotopic (exact) mass is 342 g/mol. The Labute approximate surface area is 131 Å². The maximum absolute atomic E-state index is 2.55. The fraction of sp³-hybridized carbons (Fsp3) is 1.00. The third-order valence-corrected chi connectivity index (χ3v) is 17.7. The molecule has 1 aliphatic carbocycles. The van der Waals surface area contributed by atoms with Gasteiger partial charge in [-0.3, -0.25) is 0 Å². The molecule has 120 valence electrons. The Balaban J connectivity index is 2.69. The van der Waals surface area contributed by atoms with Crippen molar-refractivity contribution in [3.05, 3.63) is 0 Å². The van der Waals surface area contributed by atoms with Gasteiger partial charge in [0.1, 0.15) is 0 Å². The molecule has 0 aromatic heterocycles. The van der Waals surface area contributed by atoms with Gasteiger partial charge >= 0.3 is 132 Å². The van der Waals surface area contributed by atoms with Crippen LogP contribution in [0.1, 0.15) is 85.5 Å². The molecule has 0 radical (unpaired) electrons. The van der Waals surface area contributed by atoms with E-state index >= 15 is 0 Å². The van der Waals surface area contributed by atoms with E-state index in [-0.39, 0.29) is 0 Å². The van der Waals surface area contributed by atoms with Crippen LogP contribution in [0, 0.1) is 11.8 Å². The predicted molar refractivity (Wildman–Crippen MR) is 96.2 cm³/mol. The standard InChI is InChI=1S/C19H40Ge/c1-5-8-14-20(15-9-6-2,16-10-7-3)17-19-13-11-12-18(19)4/h18-19H,5-17H2,1-4H3/t18-,19-/m1/s1. The summed E-state index contributed by atoms with van der Waals surface area (Å²) in [6, 6.07) is 0. The zero-order valence-electron chi connectivity index (χ0n) is 14.8. The van der Waals surface area contributed by atoms with E-state index in [1.54, 1.807) is 27.4 Å². The summed E-state index contributed by atoms with van der Waals surface area (Å²) in [5.41, 5.74) is 0. The molecule has 0 saturated heterocycles. The van der Waals surface area contributed by atoms with E-state index < -0.39 is 13.3 Å². The van der Waals surface area contributed by atoms with E-state index in [9.17, 15) is 0 Å². The van der Waals surface area contributed by atoms with Gasteiger partial charge in [0.15, 0.2) is 0 Å². The molecule has 1 saturated carbocycles. The van der Waals surface area contributed by atoms with Crippen LogP contribution in [0.4, 0.5) is 0 Å². The Bertz CT molecular complexity index is 214. The average Bonchev–Trinajstić information content (AvgIpc) is 2.85. The minimum absolute atomic E-state index is 1.05. The second-order valence-corrected chi connectivity index (χ2v) is 18.0. The summed E-state index contributed by atoms with van der Waals surface area (Å²) in [5.74, 6) is 2.17. The molecule has 1 aliphatic rings. The second kappa shape index (κ2) is 10.3. The fourth-order valence-electron chi connectivity index (χ4n) is 4.42. The quantitative estimate of drug-likeness (QED) is 0.347. The van der Waals surface area contributed by atoms with E-state index in [2.05, 4.69) is 27.7 Å². The number of rotatable bonds is 11. The van der Waals surface area contributed by atoms with E-state index in [1.165, 1.54) is 51.4 Å². The van der Waals surface area contributed by atoms with Gasteiger partial charge in [-0.2, -0.15) is 0 Å². The van der Waals surface area contributed by atoms with Gasteiger partial charge in [-0.25, -0.2) is 0 Å². The molecule has 0 amide bonds. The van der Waals surface area contributed by atoms with Crippen molar-refractivity contribution in [2.45, 2.75) is 106 Å². The minimum atomic E-state index is -1.55. The SMILES string of the molecule is CCC[CH2][Ge]([CH2]CCC)([CH2]CCC)[CH2][C@H]1CCC[C@H]1C. The molecular formula is C19H40Ge. The van der Waals surface area contributed by atoms with E-state index in [0.717, 1.165) is 11.8 Å².